The molecule has 1 spiro atoms. The van der Waals surface area contributed by atoms with Crippen LogP contribution in [-0.4, -0.2) is 0 Å². The molecule has 5 aromatic carbocycles. The van der Waals surface area contributed by atoms with Gasteiger partial charge in [0, 0.05) is 22.5 Å². The van der Waals surface area contributed by atoms with Crippen molar-refractivity contribution in [2.75, 3.05) is 5.32 Å². The molecule has 8 rings (SSSR count). The fourth-order valence-corrected chi connectivity index (χ4v) is 7.84. The molecule has 0 aromatic heterocycles. The molecule has 2 aliphatic carbocycles. The van der Waals surface area contributed by atoms with Crippen LogP contribution in [0.1, 0.15) is 73.9 Å². The number of fused-ring (bicyclic) bond motifs is 10. The quantitative estimate of drug-likeness (QED) is 0.239. The molecule has 1 heterocycles. The second kappa shape index (κ2) is 8.36. The highest BCUT2D eigenvalue weighted by Gasteiger charge is 2.52. The normalized spacial score (nSPS) is 17.9. The van der Waals surface area contributed by atoms with Crippen molar-refractivity contribution in [3.8, 4) is 22.6 Å². The van der Waals surface area contributed by atoms with Gasteiger partial charge in [0.2, 0.25) is 0 Å². The van der Waals surface area contributed by atoms with Crippen molar-refractivity contribution in [1.29, 1.82) is 0 Å². The zero-order chi connectivity index (χ0) is 28.0. The number of hydrogen-bond acceptors (Lipinski definition) is 2. The molecule has 0 radical (unpaired) electrons. The number of hydrogen-bond donors (Lipinski definition) is 1. The van der Waals surface area contributed by atoms with Crippen molar-refractivity contribution in [3.63, 3.8) is 0 Å². The van der Waals surface area contributed by atoms with Crippen LogP contribution in [0.25, 0.3) is 11.1 Å². The first kappa shape index (κ1) is 24.5. The summed E-state index contributed by atoms with van der Waals surface area (Å²) in [6, 6.07) is 39.9. The van der Waals surface area contributed by atoms with Crippen molar-refractivity contribution in [2.45, 2.75) is 56.8 Å². The molecule has 0 fully saturated rings. The SMILES string of the molecule is CC1(C)CCC(C)(C)c2cc(Nc3cccc4c3C3(c5ccccc5O4)c4ccccc4-c4ccccc43)ccc21. The molecule has 1 aliphatic heterocycles. The third-order valence-electron chi connectivity index (χ3n) is 10.00. The van der Waals surface area contributed by atoms with E-state index in [4.69, 9.17) is 4.74 Å². The Labute approximate surface area is 243 Å². The Hall–Kier alpha value is -4.30. The lowest BCUT2D eigenvalue weighted by atomic mass is 9.63. The topological polar surface area (TPSA) is 21.3 Å². The Kier molecular flexibility index (Phi) is 5.00. The van der Waals surface area contributed by atoms with E-state index >= 15 is 0 Å². The third-order valence-corrected chi connectivity index (χ3v) is 10.00. The molecule has 0 unspecified atom stereocenters. The number of nitrogens with one attached hydrogen (secondary N) is 1. The van der Waals surface area contributed by atoms with Gasteiger partial charge in [0.1, 0.15) is 11.5 Å². The summed E-state index contributed by atoms with van der Waals surface area (Å²) in [6.07, 6.45) is 2.41. The first-order valence-electron chi connectivity index (χ1n) is 14.8. The maximum atomic E-state index is 6.68. The van der Waals surface area contributed by atoms with Gasteiger partial charge in [0.15, 0.2) is 0 Å². The summed E-state index contributed by atoms with van der Waals surface area (Å²) in [5, 5.41) is 3.91. The summed E-state index contributed by atoms with van der Waals surface area (Å²) in [5.41, 5.74) is 12.5. The Morgan fingerprint density at radius 1 is 0.537 bits per heavy atom. The maximum absolute atomic E-state index is 6.68. The van der Waals surface area contributed by atoms with Gasteiger partial charge in [-0.2, -0.15) is 0 Å². The van der Waals surface area contributed by atoms with E-state index in [0.29, 0.717) is 0 Å². The Balaban J connectivity index is 1.38. The van der Waals surface area contributed by atoms with Gasteiger partial charge in [-0.05, 0) is 87.4 Å². The Morgan fingerprint density at radius 2 is 1.12 bits per heavy atom. The van der Waals surface area contributed by atoms with E-state index in [2.05, 4.69) is 142 Å². The number of rotatable bonds is 2. The van der Waals surface area contributed by atoms with E-state index in [-0.39, 0.29) is 10.8 Å². The van der Waals surface area contributed by atoms with Crippen LogP contribution in [0.3, 0.4) is 0 Å². The molecule has 1 N–H and O–H groups in total. The van der Waals surface area contributed by atoms with Crippen LogP contribution in [0.2, 0.25) is 0 Å². The molecular formula is C39H35NO. The van der Waals surface area contributed by atoms with Gasteiger partial charge in [-0.3, -0.25) is 0 Å². The first-order valence-corrected chi connectivity index (χ1v) is 14.8. The minimum Gasteiger partial charge on any atom is -0.457 e. The van der Waals surface area contributed by atoms with E-state index in [1.165, 1.54) is 57.3 Å². The van der Waals surface area contributed by atoms with Gasteiger partial charge >= 0.3 is 0 Å². The summed E-state index contributed by atoms with van der Waals surface area (Å²) in [5.74, 6) is 1.82. The molecule has 0 amide bonds. The lowest BCUT2D eigenvalue weighted by Gasteiger charge is -2.42. The molecule has 0 atom stereocenters. The van der Waals surface area contributed by atoms with Crippen LogP contribution in [0, 0.1) is 0 Å². The monoisotopic (exact) mass is 533 g/mol. The molecular weight excluding hydrogens is 498 g/mol. The second-order valence-corrected chi connectivity index (χ2v) is 13.3. The second-order valence-electron chi connectivity index (χ2n) is 13.3. The summed E-state index contributed by atoms with van der Waals surface area (Å²) in [4.78, 5) is 0. The van der Waals surface area contributed by atoms with Crippen LogP contribution in [0.5, 0.6) is 11.5 Å². The minimum atomic E-state index is -0.490. The molecule has 202 valence electrons. The van der Waals surface area contributed by atoms with Crippen molar-refractivity contribution >= 4 is 11.4 Å². The summed E-state index contributed by atoms with van der Waals surface area (Å²) >= 11 is 0. The average Bonchev–Trinajstić information content (AvgIpc) is 3.27. The standard InChI is InChI=1S/C39H35NO/c1-37(2)22-23-38(3,4)32-24-25(20-21-30(32)37)40-33-17-11-19-35-36(33)39(31-16-9-10-18-34(31)41-35)28-14-7-5-12-26(28)27-13-6-8-15-29(27)39/h5-21,24,40H,22-23H2,1-4H3. The highest BCUT2D eigenvalue weighted by atomic mass is 16.5. The van der Waals surface area contributed by atoms with E-state index < -0.39 is 5.41 Å². The van der Waals surface area contributed by atoms with E-state index in [9.17, 15) is 0 Å². The lowest BCUT2D eigenvalue weighted by molar-refractivity contribution is 0.332. The fourth-order valence-electron chi connectivity index (χ4n) is 7.84. The maximum Gasteiger partial charge on any atom is 0.134 e. The van der Waals surface area contributed by atoms with Gasteiger partial charge in [-0.1, -0.05) is 107 Å². The molecule has 5 aromatic rings. The molecule has 2 heteroatoms. The Bertz CT molecular complexity index is 1810. The molecule has 0 saturated carbocycles. The molecule has 41 heavy (non-hydrogen) atoms. The van der Waals surface area contributed by atoms with Gasteiger partial charge in [-0.25, -0.2) is 0 Å². The summed E-state index contributed by atoms with van der Waals surface area (Å²) in [6.45, 7) is 9.55. The van der Waals surface area contributed by atoms with Crippen molar-refractivity contribution in [2.24, 2.45) is 0 Å². The van der Waals surface area contributed by atoms with Crippen LogP contribution in [-0.2, 0) is 16.2 Å². The van der Waals surface area contributed by atoms with E-state index in [1.54, 1.807) is 0 Å². The largest absolute Gasteiger partial charge is 0.457 e. The van der Waals surface area contributed by atoms with Crippen molar-refractivity contribution < 1.29 is 4.74 Å². The highest BCUT2D eigenvalue weighted by Crippen LogP contribution is 2.63. The number of anilines is 2. The lowest BCUT2D eigenvalue weighted by Crippen LogP contribution is -2.34. The zero-order valence-electron chi connectivity index (χ0n) is 24.2. The average molecular weight is 534 g/mol. The van der Waals surface area contributed by atoms with Gasteiger partial charge in [-0.15, -0.1) is 0 Å². The number of ether oxygens (including phenoxy) is 1. The fraction of sp³-hybridized carbons (Fsp3) is 0.231. The molecule has 0 bridgehead atoms. The molecule has 3 aliphatic rings. The zero-order valence-corrected chi connectivity index (χ0v) is 24.2. The van der Waals surface area contributed by atoms with Crippen molar-refractivity contribution in [3.05, 3.63) is 143 Å². The summed E-state index contributed by atoms with van der Waals surface area (Å²) in [7, 11) is 0. The van der Waals surface area contributed by atoms with Crippen LogP contribution < -0.4 is 10.1 Å². The van der Waals surface area contributed by atoms with Crippen LogP contribution >= 0.6 is 0 Å². The van der Waals surface area contributed by atoms with Gasteiger partial charge < -0.3 is 10.1 Å². The van der Waals surface area contributed by atoms with Gasteiger partial charge in [0.05, 0.1) is 5.41 Å². The van der Waals surface area contributed by atoms with Crippen LogP contribution in [0.4, 0.5) is 11.4 Å². The third kappa shape index (κ3) is 3.31. The molecule has 0 saturated heterocycles. The van der Waals surface area contributed by atoms with Crippen molar-refractivity contribution in [1.82, 2.24) is 0 Å². The Morgan fingerprint density at radius 3 is 1.83 bits per heavy atom. The number of para-hydroxylation sites is 1. The molecule has 2 nitrogen and oxygen atoms in total. The first-order chi connectivity index (χ1) is 19.8. The minimum absolute atomic E-state index is 0.144. The predicted octanol–water partition coefficient (Wildman–Crippen LogP) is 10.2. The number of benzene rings is 5. The van der Waals surface area contributed by atoms with E-state index in [1.807, 2.05) is 0 Å². The predicted molar refractivity (Wildman–Crippen MR) is 169 cm³/mol. The summed E-state index contributed by atoms with van der Waals surface area (Å²) < 4.78 is 6.68. The van der Waals surface area contributed by atoms with E-state index in [0.717, 1.165) is 22.9 Å². The highest BCUT2D eigenvalue weighted by molar-refractivity contribution is 5.91. The smallest absolute Gasteiger partial charge is 0.134 e. The van der Waals surface area contributed by atoms with Gasteiger partial charge in [0.25, 0.3) is 0 Å². The van der Waals surface area contributed by atoms with Crippen LogP contribution in [0.15, 0.2) is 109 Å².